The first-order valence-corrected chi connectivity index (χ1v) is 7.49. The van der Waals surface area contributed by atoms with Crippen LogP contribution in [0.15, 0.2) is 41.2 Å². The average Bonchev–Trinajstić information content (AvgIpc) is 2.75. The summed E-state index contributed by atoms with van der Waals surface area (Å²) in [6.45, 7) is 1.90. The molecule has 0 aliphatic heterocycles. The molecule has 0 aliphatic rings. The highest BCUT2D eigenvalue weighted by Crippen LogP contribution is 2.21. The third kappa shape index (κ3) is 2.64. The van der Waals surface area contributed by atoms with Crippen LogP contribution >= 0.6 is 11.6 Å². The van der Waals surface area contributed by atoms with Crippen LogP contribution in [-0.4, -0.2) is 15.0 Å². The molecule has 23 heavy (non-hydrogen) atoms. The zero-order chi connectivity index (χ0) is 16.7. The second-order valence-electron chi connectivity index (χ2n) is 5.52. The van der Waals surface area contributed by atoms with Gasteiger partial charge in [-0.25, -0.2) is 4.79 Å². The summed E-state index contributed by atoms with van der Waals surface area (Å²) in [6, 6.07) is 10.5. The van der Waals surface area contributed by atoms with E-state index in [1.54, 1.807) is 49.0 Å². The van der Waals surface area contributed by atoms with E-state index in [0.717, 1.165) is 11.1 Å². The fourth-order valence-electron chi connectivity index (χ4n) is 2.52. The summed E-state index contributed by atoms with van der Waals surface area (Å²) < 4.78 is 3.08. The molecule has 0 saturated heterocycles. The van der Waals surface area contributed by atoms with Gasteiger partial charge in [0.2, 0.25) is 0 Å². The van der Waals surface area contributed by atoms with Gasteiger partial charge in [-0.2, -0.15) is 0 Å². The summed E-state index contributed by atoms with van der Waals surface area (Å²) in [5.74, 6) is -0.247. The van der Waals surface area contributed by atoms with Crippen LogP contribution in [0.3, 0.4) is 0 Å². The second-order valence-corrected chi connectivity index (χ2v) is 5.93. The first-order valence-electron chi connectivity index (χ1n) is 7.11. The molecule has 3 aromatic rings. The van der Waals surface area contributed by atoms with E-state index < -0.39 is 0 Å². The smallest absolute Gasteiger partial charge is 0.322 e. The minimum Gasteiger partial charge on any atom is -0.322 e. The lowest BCUT2D eigenvalue weighted by Gasteiger charge is -2.07. The number of fused-ring (bicyclic) bond motifs is 1. The van der Waals surface area contributed by atoms with E-state index in [0.29, 0.717) is 21.8 Å². The van der Waals surface area contributed by atoms with E-state index in [-0.39, 0.29) is 11.6 Å². The Morgan fingerprint density at radius 2 is 1.74 bits per heavy atom. The van der Waals surface area contributed by atoms with Crippen molar-refractivity contribution in [1.29, 1.82) is 0 Å². The van der Waals surface area contributed by atoms with Gasteiger partial charge in [0.1, 0.15) is 0 Å². The number of hydrogen-bond donors (Lipinski definition) is 1. The third-order valence-electron chi connectivity index (χ3n) is 3.96. The zero-order valence-corrected chi connectivity index (χ0v) is 13.8. The first-order chi connectivity index (χ1) is 10.9. The monoisotopic (exact) mass is 329 g/mol. The summed E-state index contributed by atoms with van der Waals surface area (Å²) >= 11 is 6.07. The van der Waals surface area contributed by atoms with Crippen molar-refractivity contribution in [1.82, 2.24) is 9.13 Å². The molecule has 0 fully saturated rings. The maximum absolute atomic E-state index is 12.4. The van der Waals surface area contributed by atoms with Gasteiger partial charge in [-0.3, -0.25) is 13.9 Å². The highest BCUT2D eigenvalue weighted by Gasteiger charge is 2.12. The molecule has 1 aromatic heterocycles. The van der Waals surface area contributed by atoms with Gasteiger partial charge in [0.05, 0.1) is 11.0 Å². The number of nitrogens with one attached hydrogen (secondary N) is 1. The van der Waals surface area contributed by atoms with Gasteiger partial charge in [0.25, 0.3) is 5.91 Å². The van der Waals surface area contributed by atoms with Gasteiger partial charge in [-0.1, -0.05) is 17.7 Å². The lowest BCUT2D eigenvalue weighted by molar-refractivity contribution is 0.102. The quantitative estimate of drug-likeness (QED) is 0.785. The predicted molar refractivity (Wildman–Crippen MR) is 92.3 cm³/mol. The molecule has 0 saturated carbocycles. The molecule has 3 rings (SSSR count). The fourth-order valence-corrected chi connectivity index (χ4v) is 2.70. The van der Waals surface area contributed by atoms with Crippen LogP contribution in [0.5, 0.6) is 0 Å². The largest absolute Gasteiger partial charge is 0.328 e. The number of carbonyl (C=O) groups excluding carboxylic acids is 1. The van der Waals surface area contributed by atoms with E-state index in [9.17, 15) is 9.59 Å². The Morgan fingerprint density at radius 3 is 2.43 bits per heavy atom. The second kappa shape index (κ2) is 5.59. The number of anilines is 1. The average molecular weight is 330 g/mol. The molecule has 0 spiro atoms. The van der Waals surface area contributed by atoms with E-state index >= 15 is 0 Å². The summed E-state index contributed by atoms with van der Waals surface area (Å²) in [4.78, 5) is 24.3. The molecule has 2 aromatic carbocycles. The minimum absolute atomic E-state index is 0.122. The van der Waals surface area contributed by atoms with E-state index in [4.69, 9.17) is 11.6 Å². The van der Waals surface area contributed by atoms with Gasteiger partial charge in [-0.05, 0) is 42.8 Å². The molecule has 0 bridgehead atoms. The van der Waals surface area contributed by atoms with Crippen molar-refractivity contribution in [3.63, 3.8) is 0 Å². The van der Waals surface area contributed by atoms with Gasteiger partial charge < -0.3 is 5.32 Å². The lowest BCUT2D eigenvalue weighted by Crippen LogP contribution is -2.19. The van der Waals surface area contributed by atoms with Crippen LogP contribution in [-0.2, 0) is 14.1 Å². The van der Waals surface area contributed by atoms with Crippen LogP contribution in [0.4, 0.5) is 5.69 Å². The summed E-state index contributed by atoms with van der Waals surface area (Å²) in [5.41, 5.74) is 3.44. The van der Waals surface area contributed by atoms with E-state index in [2.05, 4.69) is 5.32 Å². The highest BCUT2D eigenvalue weighted by molar-refractivity contribution is 6.31. The number of aromatic nitrogens is 2. The van der Waals surface area contributed by atoms with Gasteiger partial charge in [0, 0.05) is 30.4 Å². The third-order valence-corrected chi connectivity index (χ3v) is 4.37. The Labute approximate surface area is 138 Å². The Bertz CT molecular complexity index is 985. The Hall–Kier alpha value is -2.53. The summed E-state index contributed by atoms with van der Waals surface area (Å²) in [7, 11) is 3.39. The number of benzene rings is 2. The van der Waals surface area contributed by atoms with Gasteiger partial charge in [-0.15, -0.1) is 0 Å². The number of halogens is 1. The molecular formula is C17H16ClN3O2. The van der Waals surface area contributed by atoms with Crippen molar-refractivity contribution in [2.24, 2.45) is 14.1 Å². The number of hydrogen-bond acceptors (Lipinski definition) is 2. The molecular weight excluding hydrogens is 314 g/mol. The van der Waals surface area contributed by atoms with Crippen molar-refractivity contribution >= 4 is 34.2 Å². The zero-order valence-electron chi connectivity index (χ0n) is 13.1. The molecule has 118 valence electrons. The van der Waals surface area contributed by atoms with E-state index in [1.807, 2.05) is 13.0 Å². The Morgan fingerprint density at radius 1 is 1.04 bits per heavy atom. The molecule has 5 nitrogen and oxygen atoms in total. The van der Waals surface area contributed by atoms with Crippen LogP contribution in [0.2, 0.25) is 5.02 Å². The number of aryl methyl sites for hydroxylation is 3. The molecule has 6 heteroatoms. The molecule has 1 N–H and O–H groups in total. The topological polar surface area (TPSA) is 56.0 Å². The molecule has 1 amide bonds. The first kappa shape index (κ1) is 15.4. The van der Waals surface area contributed by atoms with Crippen LogP contribution in [0, 0.1) is 6.92 Å². The standard InChI is InChI=1S/C17H16ClN3O2/c1-10-4-6-12(9-13(10)18)19-16(22)11-5-7-14-15(8-11)21(3)17(23)20(14)2/h4-9H,1-3H3,(H,19,22). The Kier molecular flexibility index (Phi) is 3.74. The van der Waals surface area contributed by atoms with Crippen molar-refractivity contribution in [3.8, 4) is 0 Å². The highest BCUT2D eigenvalue weighted by atomic mass is 35.5. The lowest BCUT2D eigenvalue weighted by atomic mass is 10.1. The normalized spacial score (nSPS) is 11.0. The van der Waals surface area contributed by atoms with Gasteiger partial charge in [0.15, 0.2) is 0 Å². The summed E-state index contributed by atoms with van der Waals surface area (Å²) in [5, 5.41) is 3.41. The minimum atomic E-state index is -0.247. The Balaban J connectivity index is 1.96. The number of nitrogens with zero attached hydrogens (tertiary/aromatic N) is 2. The van der Waals surface area contributed by atoms with Crippen molar-refractivity contribution in [3.05, 3.63) is 63.0 Å². The SMILES string of the molecule is Cc1ccc(NC(=O)c2ccc3c(c2)n(C)c(=O)n3C)cc1Cl. The number of imidazole rings is 1. The fraction of sp³-hybridized carbons (Fsp3) is 0.176. The van der Waals surface area contributed by atoms with Crippen molar-refractivity contribution in [2.75, 3.05) is 5.32 Å². The molecule has 0 aliphatic carbocycles. The van der Waals surface area contributed by atoms with Gasteiger partial charge >= 0.3 is 5.69 Å². The van der Waals surface area contributed by atoms with Crippen molar-refractivity contribution in [2.45, 2.75) is 6.92 Å². The summed E-state index contributed by atoms with van der Waals surface area (Å²) in [6.07, 6.45) is 0. The van der Waals surface area contributed by atoms with Crippen LogP contribution in [0.25, 0.3) is 11.0 Å². The van der Waals surface area contributed by atoms with Crippen LogP contribution in [0.1, 0.15) is 15.9 Å². The molecule has 0 radical (unpaired) electrons. The van der Waals surface area contributed by atoms with Crippen molar-refractivity contribution < 1.29 is 4.79 Å². The number of amides is 1. The maximum atomic E-state index is 12.4. The molecule has 0 atom stereocenters. The number of rotatable bonds is 2. The van der Waals surface area contributed by atoms with Crippen LogP contribution < -0.4 is 11.0 Å². The molecule has 1 heterocycles. The maximum Gasteiger partial charge on any atom is 0.328 e. The molecule has 0 unspecified atom stereocenters. The number of carbonyl (C=O) groups is 1. The van der Waals surface area contributed by atoms with E-state index in [1.165, 1.54) is 4.57 Å². The predicted octanol–water partition coefficient (Wildman–Crippen LogP) is 3.09.